The Morgan fingerprint density at radius 3 is 1.94 bits per heavy atom. The standard InChI is InChI=1S/C10H15N3O3/c1-14-7-5-9(16-3)8(15-2)4-6(7)10(11)13-12/h4-5H,12H2,1-3H3,(H2,11,13). The van der Waals surface area contributed by atoms with Crippen molar-refractivity contribution in [3.63, 3.8) is 0 Å². The lowest BCUT2D eigenvalue weighted by molar-refractivity contribution is 0.349. The quantitative estimate of drug-likeness (QED) is 0.332. The Labute approximate surface area is 93.8 Å². The van der Waals surface area contributed by atoms with Crippen LogP contribution in [0.5, 0.6) is 17.2 Å². The van der Waals surface area contributed by atoms with Gasteiger partial charge in [0.15, 0.2) is 17.3 Å². The highest BCUT2D eigenvalue weighted by Gasteiger charge is 2.14. The molecule has 6 nitrogen and oxygen atoms in total. The molecule has 0 amide bonds. The predicted octanol–water partition coefficient (Wildman–Crippen LogP) is 0.291. The lowest BCUT2D eigenvalue weighted by Crippen LogP contribution is -2.16. The number of nitrogens with zero attached hydrogens (tertiary/aromatic N) is 1. The van der Waals surface area contributed by atoms with Crippen LogP contribution in [0.1, 0.15) is 5.56 Å². The van der Waals surface area contributed by atoms with E-state index in [4.69, 9.17) is 25.8 Å². The first-order valence-electron chi connectivity index (χ1n) is 4.51. The smallest absolute Gasteiger partial charge is 0.164 e. The van der Waals surface area contributed by atoms with Crippen molar-refractivity contribution in [3.8, 4) is 17.2 Å². The van der Waals surface area contributed by atoms with E-state index < -0.39 is 0 Å². The summed E-state index contributed by atoms with van der Waals surface area (Å²) in [6.07, 6.45) is 0. The van der Waals surface area contributed by atoms with Gasteiger partial charge in [-0.1, -0.05) is 0 Å². The van der Waals surface area contributed by atoms with Crippen molar-refractivity contribution in [1.29, 1.82) is 0 Å². The third-order valence-corrected chi connectivity index (χ3v) is 2.12. The first kappa shape index (κ1) is 12.0. The summed E-state index contributed by atoms with van der Waals surface area (Å²) in [6, 6.07) is 3.32. The van der Waals surface area contributed by atoms with Crippen LogP contribution < -0.4 is 25.8 Å². The van der Waals surface area contributed by atoms with E-state index in [1.807, 2.05) is 0 Å². The SMILES string of the molecule is COc1cc(OC)c(C(N)=NN)cc1OC. The molecule has 88 valence electrons. The Balaban J connectivity index is 3.37. The molecule has 0 aliphatic carbocycles. The molecule has 0 heterocycles. The third-order valence-electron chi connectivity index (χ3n) is 2.12. The predicted molar refractivity (Wildman–Crippen MR) is 61.0 cm³/mol. The number of amidine groups is 1. The van der Waals surface area contributed by atoms with Crippen LogP contribution in [0.15, 0.2) is 17.2 Å². The summed E-state index contributed by atoms with van der Waals surface area (Å²) < 4.78 is 15.4. The van der Waals surface area contributed by atoms with Gasteiger partial charge in [-0.25, -0.2) is 0 Å². The Kier molecular flexibility index (Phi) is 3.82. The first-order valence-corrected chi connectivity index (χ1v) is 4.51. The molecule has 16 heavy (non-hydrogen) atoms. The minimum Gasteiger partial charge on any atom is -0.496 e. The Bertz CT molecular complexity index is 405. The van der Waals surface area contributed by atoms with E-state index in [9.17, 15) is 0 Å². The fourth-order valence-electron chi connectivity index (χ4n) is 1.30. The van der Waals surface area contributed by atoms with Crippen molar-refractivity contribution in [3.05, 3.63) is 17.7 Å². The van der Waals surface area contributed by atoms with Gasteiger partial charge in [0.1, 0.15) is 5.75 Å². The zero-order chi connectivity index (χ0) is 12.1. The van der Waals surface area contributed by atoms with E-state index in [1.54, 1.807) is 12.1 Å². The van der Waals surface area contributed by atoms with Crippen LogP contribution in [0.3, 0.4) is 0 Å². The van der Waals surface area contributed by atoms with Gasteiger partial charge < -0.3 is 25.8 Å². The van der Waals surface area contributed by atoms with Crippen LogP contribution in [-0.4, -0.2) is 27.2 Å². The van der Waals surface area contributed by atoms with E-state index >= 15 is 0 Å². The molecule has 1 aromatic carbocycles. The molecule has 0 atom stereocenters. The van der Waals surface area contributed by atoms with Crippen LogP contribution >= 0.6 is 0 Å². The molecule has 4 N–H and O–H groups in total. The van der Waals surface area contributed by atoms with E-state index in [0.717, 1.165) is 0 Å². The van der Waals surface area contributed by atoms with Gasteiger partial charge in [0.05, 0.1) is 26.9 Å². The largest absolute Gasteiger partial charge is 0.496 e. The third kappa shape index (κ3) is 2.10. The Morgan fingerprint density at radius 2 is 1.50 bits per heavy atom. The van der Waals surface area contributed by atoms with E-state index in [1.165, 1.54) is 21.3 Å². The second kappa shape index (κ2) is 5.11. The molecule has 0 saturated heterocycles. The number of rotatable bonds is 4. The topological polar surface area (TPSA) is 92.1 Å². The van der Waals surface area contributed by atoms with Gasteiger partial charge in [-0.2, -0.15) is 5.10 Å². The number of nitrogens with two attached hydrogens (primary N) is 2. The molecule has 0 aromatic heterocycles. The van der Waals surface area contributed by atoms with Crippen LogP contribution in [0, 0.1) is 0 Å². The average molecular weight is 225 g/mol. The van der Waals surface area contributed by atoms with Gasteiger partial charge in [-0.3, -0.25) is 0 Å². The van der Waals surface area contributed by atoms with Gasteiger partial charge in [-0.05, 0) is 6.07 Å². The molecule has 0 bridgehead atoms. The van der Waals surface area contributed by atoms with Crippen molar-refractivity contribution in [2.75, 3.05) is 21.3 Å². The second-order valence-corrected chi connectivity index (χ2v) is 2.92. The Hall–Kier alpha value is -2.11. The summed E-state index contributed by atoms with van der Waals surface area (Å²) in [5, 5.41) is 3.42. The summed E-state index contributed by atoms with van der Waals surface area (Å²) >= 11 is 0. The number of benzene rings is 1. The van der Waals surface area contributed by atoms with Crippen molar-refractivity contribution in [1.82, 2.24) is 0 Å². The second-order valence-electron chi connectivity index (χ2n) is 2.92. The molecule has 6 heteroatoms. The van der Waals surface area contributed by atoms with E-state index in [0.29, 0.717) is 22.8 Å². The summed E-state index contributed by atoms with van der Waals surface area (Å²) in [5.41, 5.74) is 6.19. The number of hydrogen-bond donors (Lipinski definition) is 2. The summed E-state index contributed by atoms with van der Waals surface area (Å²) in [7, 11) is 4.59. The van der Waals surface area contributed by atoms with Gasteiger partial charge >= 0.3 is 0 Å². The van der Waals surface area contributed by atoms with Gasteiger partial charge in [0.2, 0.25) is 0 Å². The molecule has 0 fully saturated rings. The van der Waals surface area contributed by atoms with Crippen LogP contribution in [0.4, 0.5) is 0 Å². The molecule has 0 aliphatic heterocycles. The van der Waals surface area contributed by atoms with Crippen LogP contribution in [0.2, 0.25) is 0 Å². The zero-order valence-corrected chi connectivity index (χ0v) is 9.48. The lowest BCUT2D eigenvalue weighted by atomic mass is 10.1. The molecule has 0 aliphatic rings. The highest BCUT2D eigenvalue weighted by atomic mass is 16.5. The molecule has 0 saturated carbocycles. The van der Waals surface area contributed by atoms with Gasteiger partial charge in [-0.15, -0.1) is 0 Å². The molecule has 0 spiro atoms. The fourth-order valence-corrected chi connectivity index (χ4v) is 1.30. The number of hydrogen-bond acceptors (Lipinski definition) is 5. The van der Waals surface area contributed by atoms with Gasteiger partial charge in [0, 0.05) is 6.07 Å². The number of hydrazone groups is 1. The minimum absolute atomic E-state index is 0.165. The first-order chi connectivity index (χ1) is 7.67. The summed E-state index contributed by atoms with van der Waals surface area (Å²) in [5.74, 6) is 6.89. The maximum Gasteiger partial charge on any atom is 0.164 e. The summed E-state index contributed by atoms with van der Waals surface area (Å²) in [4.78, 5) is 0. The van der Waals surface area contributed by atoms with Crippen molar-refractivity contribution >= 4 is 5.84 Å². The van der Waals surface area contributed by atoms with Gasteiger partial charge in [0.25, 0.3) is 0 Å². The number of ether oxygens (including phenoxy) is 3. The van der Waals surface area contributed by atoms with Crippen molar-refractivity contribution in [2.24, 2.45) is 16.7 Å². The zero-order valence-electron chi connectivity index (χ0n) is 9.48. The van der Waals surface area contributed by atoms with Crippen molar-refractivity contribution < 1.29 is 14.2 Å². The molecule has 0 radical (unpaired) electrons. The molecular formula is C10H15N3O3. The van der Waals surface area contributed by atoms with Crippen LogP contribution in [-0.2, 0) is 0 Å². The highest BCUT2D eigenvalue weighted by Crippen LogP contribution is 2.34. The molecule has 0 unspecified atom stereocenters. The Morgan fingerprint density at radius 1 is 1.00 bits per heavy atom. The maximum absolute atomic E-state index is 5.63. The minimum atomic E-state index is 0.165. The van der Waals surface area contributed by atoms with Crippen molar-refractivity contribution in [2.45, 2.75) is 0 Å². The average Bonchev–Trinajstić information content (AvgIpc) is 2.35. The van der Waals surface area contributed by atoms with E-state index in [2.05, 4.69) is 5.10 Å². The fraction of sp³-hybridized carbons (Fsp3) is 0.300. The van der Waals surface area contributed by atoms with Crippen LogP contribution in [0.25, 0.3) is 0 Å². The highest BCUT2D eigenvalue weighted by molar-refractivity contribution is 6.00. The molecule has 1 aromatic rings. The van der Waals surface area contributed by atoms with E-state index in [-0.39, 0.29) is 5.84 Å². The lowest BCUT2D eigenvalue weighted by Gasteiger charge is -2.13. The molecular weight excluding hydrogens is 210 g/mol. The molecule has 1 rings (SSSR count). The monoisotopic (exact) mass is 225 g/mol. The normalized spacial score (nSPS) is 11.1. The summed E-state index contributed by atoms with van der Waals surface area (Å²) in [6.45, 7) is 0. The maximum atomic E-state index is 5.63. The number of methoxy groups -OCH3 is 3.